The van der Waals surface area contributed by atoms with Crippen molar-refractivity contribution < 1.29 is 24.7 Å². The number of fused-ring (bicyclic) bond motifs is 1. The number of thioether (sulfide) groups is 2. The molecule has 0 aliphatic carbocycles. The number of aromatic amines is 1. The number of aromatic nitrogens is 4. The summed E-state index contributed by atoms with van der Waals surface area (Å²) in [6, 6.07) is -0.986. The minimum Gasteiger partial charge on any atom is -0.477 e. The highest BCUT2D eigenvalue weighted by Gasteiger charge is 2.54. The number of amides is 2. The minimum absolute atomic E-state index is 0.0781. The lowest BCUT2D eigenvalue weighted by Gasteiger charge is -2.49. The minimum atomic E-state index is -1.22. The van der Waals surface area contributed by atoms with Crippen molar-refractivity contribution in [3.05, 3.63) is 34.4 Å². The summed E-state index contributed by atoms with van der Waals surface area (Å²) < 4.78 is 3.81. The van der Waals surface area contributed by atoms with Gasteiger partial charge in [0, 0.05) is 39.7 Å². The second-order valence-electron chi connectivity index (χ2n) is 6.24. The molecule has 4 rings (SSSR count). The van der Waals surface area contributed by atoms with Crippen molar-refractivity contribution in [1.82, 2.24) is 29.8 Å². The summed E-state index contributed by atoms with van der Waals surface area (Å²) in [5.41, 5.74) is 5.77. The molecule has 2 aliphatic heterocycles. The van der Waals surface area contributed by atoms with Crippen LogP contribution in [0.1, 0.15) is 11.4 Å². The van der Waals surface area contributed by atoms with E-state index in [0.717, 1.165) is 22.0 Å². The Labute approximate surface area is 186 Å². The molecule has 162 valence electrons. The lowest BCUT2D eigenvalue weighted by molar-refractivity contribution is -0.150. The van der Waals surface area contributed by atoms with Crippen LogP contribution in [0.15, 0.2) is 28.2 Å². The number of carboxylic acid groups (broad SMARTS) is 1. The Kier molecular flexibility index (Phi) is 5.84. The molecular formula is C15H14N8O5S3. The number of nitrogens with one attached hydrogen (secondary N) is 2. The van der Waals surface area contributed by atoms with Gasteiger partial charge < -0.3 is 21.4 Å². The smallest absolute Gasteiger partial charge is 0.353 e. The van der Waals surface area contributed by atoms with E-state index in [1.807, 2.05) is 0 Å². The molecule has 2 aromatic heterocycles. The number of nitrogens with two attached hydrogens (primary N) is 1. The van der Waals surface area contributed by atoms with Crippen LogP contribution in [0.4, 0.5) is 5.13 Å². The van der Waals surface area contributed by atoms with Crippen LogP contribution >= 0.6 is 35.1 Å². The van der Waals surface area contributed by atoms with Gasteiger partial charge in [-0.2, -0.15) is 14.5 Å². The summed E-state index contributed by atoms with van der Waals surface area (Å²) in [4.78, 5) is 42.5. The van der Waals surface area contributed by atoms with Gasteiger partial charge in [-0.1, -0.05) is 5.16 Å². The maximum atomic E-state index is 12.7. The van der Waals surface area contributed by atoms with E-state index in [-0.39, 0.29) is 16.7 Å². The third-order valence-corrected chi connectivity index (χ3v) is 7.53. The molecule has 0 aromatic carbocycles. The Morgan fingerprint density at radius 2 is 2.29 bits per heavy atom. The summed E-state index contributed by atoms with van der Waals surface area (Å²) >= 11 is 3.46. The molecule has 0 saturated carbocycles. The van der Waals surface area contributed by atoms with Gasteiger partial charge in [-0.05, 0) is 0 Å². The molecule has 2 aliphatic rings. The first-order chi connectivity index (χ1) is 14.9. The number of oxime groups is 1. The number of nitrogens with zero attached hydrogens (tertiary/aromatic N) is 5. The maximum Gasteiger partial charge on any atom is 0.353 e. The molecule has 0 bridgehead atoms. The van der Waals surface area contributed by atoms with Crippen LogP contribution in [-0.4, -0.2) is 75.4 Å². The van der Waals surface area contributed by atoms with Crippen molar-refractivity contribution in [2.24, 2.45) is 5.16 Å². The van der Waals surface area contributed by atoms with Crippen LogP contribution < -0.4 is 11.1 Å². The second kappa shape index (κ2) is 8.56. The van der Waals surface area contributed by atoms with Gasteiger partial charge >= 0.3 is 5.97 Å². The zero-order valence-electron chi connectivity index (χ0n) is 15.4. The first kappa shape index (κ1) is 21.1. The summed E-state index contributed by atoms with van der Waals surface area (Å²) in [6.45, 7) is 0. The number of rotatable bonds is 7. The van der Waals surface area contributed by atoms with Crippen molar-refractivity contribution in [2.75, 3.05) is 11.5 Å². The van der Waals surface area contributed by atoms with Crippen molar-refractivity contribution >= 4 is 63.7 Å². The third-order valence-electron chi connectivity index (χ3n) is 4.36. The fourth-order valence-electron chi connectivity index (χ4n) is 2.96. The first-order valence-electron chi connectivity index (χ1n) is 8.54. The van der Waals surface area contributed by atoms with Gasteiger partial charge in [0.2, 0.25) is 11.5 Å². The average Bonchev–Trinajstić information content (AvgIpc) is 3.42. The van der Waals surface area contributed by atoms with E-state index in [2.05, 4.69) is 30.0 Å². The molecule has 13 nitrogen and oxygen atoms in total. The number of β-lactam (4-membered cyclic amide) rings is 1. The highest BCUT2D eigenvalue weighted by molar-refractivity contribution is 8.05. The Bertz CT molecular complexity index is 1100. The van der Waals surface area contributed by atoms with Crippen molar-refractivity contribution in [2.45, 2.75) is 17.2 Å². The van der Waals surface area contributed by atoms with E-state index in [1.54, 1.807) is 12.4 Å². The lowest BCUT2D eigenvalue weighted by Crippen LogP contribution is -2.71. The van der Waals surface area contributed by atoms with Crippen LogP contribution in [0.25, 0.3) is 0 Å². The second-order valence-corrected chi connectivity index (χ2v) is 9.20. The molecule has 0 radical (unpaired) electrons. The number of nitrogen functional groups attached to an aromatic ring is 1. The maximum absolute atomic E-state index is 12.7. The van der Waals surface area contributed by atoms with Crippen LogP contribution in [0.3, 0.4) is 0 Å². The quantitative estimate of drug-likeness (QED) is 0.149. The van der Waals surface area contributed by atoms with Gasteiger partial charge in [-0.25, -0.2) is 4.79 Å². The van der Waals surface area contributed by atoms with E-state index >= 15 is 0 Å². The highest BCUT2D eigenvalue weighted by Crippen LogP contribution is 2.44. The molecule has 16 heteroatoms. The third kappa shape index (κ3) is 3.96. The largest absolute Gasteiger partial charge is 0.477 e. The summed E-state index contributed by atoms with van der Waals surface area (Å²) in [5.74, 6) is -2.00. The Balaban J connectivity index is 1.48. The monoisotopic (exact) mass is 482 g/mol. The SMILES string of the molecule is Nc1nc(/C(=N/O)C(=O)N[C@@H]2C(=O)N3C(C(=O)O)=C(SCc4cn[nH]c4)CS[C@H]23)ns1. The number of aliphatic carboxylic acids is 1. The molecule has 0 spiro atoms. The topological polar surface area (TPSA) is 200 Å². The molecule has 31 heavy (non-hydrogen) atoms. The van der Waals surface area contributed by atoms with Crippen LogP contribution in [-0.2, 0) is 20.1 Å². The first-order valence-corrected chi connectivity index (χ1v) is 11.4. The molecule has 2 aromatic rings. The van der Waals surface area contributed by atoms with E-state index in [1.165, 1.54) is 23.5 Å². The number of hydrogen-bond acceptors (Lipinski definition) is 12. The number of anilines is 1. The van der Waals surface area contributed by atoms with Gasteiger partial charge in [0.05, 0.1) is 6.20 Å². The highest BCUT2D eigenvalue weighted by atomic mass is 32.2. The number of carbonyl (C=O) groups excluding carboxylic acids is 2. The normalized spacial score (nSPS) is 21.0. The molecule has 6 N–H and O–H groups in total. The average molecular weight is 483 g/mol. The number of carboxylic acids is 1. The molecule has 1 fully saturated rings. The summed E-state index contributed by atoms with van der Waals surface area (Å²) in [6.07, 6.45) is 3.34. The number of hydrogen-bond donors (Lipinski definition) is 5. The van der Waals surface area contributed by atoms with Crippen molar-refractivity contribution in [1.29, 1.82) is 0 Å². The fraction of sp³-hybridized carbons (Fsp3) is 0.267. The van der Waals surface area contributed by atoms with Crippen LogP contribution in [0.5, 0.6) is 0 Å². The van der Waals surface area contributed by atoms with Gasteiger partial charge in [0.15, 0.2) is 5.13 Å². The standard InChI is InChI=1S/C15H14N8O5S3/c16-15-20-10(22-31-15)7(21-28)11(24)19-8-12(25)23-9(14(26)27)6(4-30-13(8)23)29-3-5-1-17-18-2-5/h1-2,8,13,28H,3-4H2,(H,17,18)(H,19,24)(H,26,27)(H2,16,20,22)/b21-7-/t8-,13-/m1/s1. The van der Waals surface area contributed by atoms with Crippen LogP contribution in [0.2, 0.25) is 0 Å². The number of carbonyl (C=O) groups is 3. The molecule has 0 unspecified atom stereocenters. The zero-order chi connectivity index (χ0) is 22.1. The predicted octanol–water partition coefficient (Wildman–Crippen LogP) is -0.349. The summed E-state index contributed by atoms with van der Waals surface area (Å²) in [7, 11) is 0. The van der Waals surface area contributed by atoms with Gasteiger partial charge in [0.25, 0.3) is 11.8 Å². The van der Waals surface area contributed by atoms with Crippen molar-refractivity contribution in [3.63, 3.8) is 0 Å². The Hall–Kier alpha value is -3.11. The van der Waals surface area contributed by atoms with Gasteiger partial charge in [0.1, 0.15) is 17.1 Å². The van der Waals surface area contributed by atoms with Crippen LogP contribution in [0, 0.1) is 0 Å². The predicted molar refractivity (Wildman–Crippen MR) is 112 cm³/mol. The zero-order valence-corrected chi connectivity index (χ0v) is 17.8. The van der Waals surface area contributed by atoms with E-state index in [0.29, 0.717) is 16.4 Å². The molecule has 2 amide bonds. The van der Waals surface area contributed by atoms with Gasteiger partial charge in [-0.3, -0.25) is 19.6 Å². The molecular weight excluding hydrogens is 468 g/mol. The molecule has 4 heterocycles. The van der Waals surface area contributed by atoms with E-state index in [9.17, 15) is 19.5 Å². The number of H-pyrrole nitrogens is 1. The molecule has 2 atom stereocenters. The van der Waals surface area contributed by atoms with E-state index in [4.69, 9.17) is 10.9 Å². The van der Waals surface area contributed by atoms with Gasteiger partial charge in [-0.15, -0.1) is 23.5 Å². The molecule has 1 saturated heterocycles. The lowest BCUT2D eigenvalue weighted by atomic mass is 10.0. The van der Waals surface area contributed by atoms with Crippen molar-refractivity contribution in [3.8, 4) is 0 Å². The van der Waals surface area contributed by atoms with E-state index < -0.39 is 34.9 Å². The fourth-order valence-corrected chi connectivity index (χ4v) is 5.95. The summed E-state index contributed by atoms with van der Waals surface area (Å²) in [5, 5.41) is 30.2. The Morgan fingerprint density at radius 1 is 1.48 bits per heavy atom. The Morgan fingerprint density at radius 3 is 2.90 bits per heavy atom.